The van der Waals surface area contributed by atoms with Crippen molar-refractivity contribution in [3.05, 3.63) is 77.0 Å². The van der Waals surface area contributed by atoms with Gasteiger partial charge in [-0.1, -0.05) is 41.9 Å². The summed E-state index contributed by atoms with van der Waals surface area (Å²) in [5, 5.41) is 0.660. The second kappa shape index (κ2) is 6.26. The third kappa shape index (κ3) is 2.77. The molecule has 3 nitrogen and oxygen atoms in total. The fraction of sp³-hybridized carbons (Fsp3) is 0.0952. The van der Waals surface area contributed by atoms with Gasteiger partial charge in [0.2, 0.25) is 0 Å². The summed E-state index contributed by atoms with van der Waals surface area (Å²) >= 11 is 6.04. The molecule has 0 bridgehead atoms. The van der Waals surface area contributed by atoms with Gasteiger partial charge in [-0.15, -0.1) is 0 Å². The van der Waals surface area contributed by atoms with Gasteiger partial charge in [0.15, 0.2) is 0 Å². The number of halogens is 1. The first-order chi connectivity index (χ1) is 12.2. The van der Waals surface area contributed by atoms with Crippen LogP contribution >= 0.6 is 11.6 Å². The van der Waals surface area contributed by atoms with Crippen LogP contribution in [0.1, 0.15) is 18.2 Å². The summed E-state index contributed by atoms with van der Waals surface area (Å²) < 4.78 is 5.91. The molecule has 0 fully saturated rings. The number of amides is 1. The molecule has 0 saturated carbocycles. The molecular weight excluding hydrogens is 334 g/mol. The molecule has 1 aromatic heterocycles. The van der Waals surface area contributed by atoms with E-state index in [9.17, 15) is 4.79 Å². The Labute approximate surface area is 151 Å². The predicted molar refractivity (Wildman–Crippen MR) is 101 cm³/mol. The van der Waals surface area contributed by atoms with E-state index in [0.717, 1.165) is 22.6 Å². The Morgan fingerprint density at radius 1 is 1.08 bits per heavy atom. The molecule has 0 unspecified atom stereocenters. The van der Waals surface area contributed by atoms with Crippen molar-refractivity contribution in [1.82, 2.24) is 0 Å². The lowest BCUT2D eigenvalue weighted by Gasteiger charge is -2.13. The van der Waals surface area contributed by atoms with Crippen molar-refractivity contribution in [3.8, 4) is 11.3 Å². The second-order valence-corrected chi connectivity index (χ2v) is 6.27. The molecule has 3 aromatic rings. The van der Waals surface area contributed by atoms with Crippen molar-refractivity contribution < 1.29 is 9.21 Å². The van der Waals surface area contributed by atoms with E-state index in [0.29, 0.717) is 22.9 Å². The van der Waals surface area contributed by atoms with Crippen molar-refractivity contribution in [2.45, 2.75) is 6.92 Å². The largest absolute Gasteiger partial charge is 0.457 e. The number of hydrogen-bond acceptors (Lipinski definition) is 2. The molecule has 0 atom stereocenters. The van der Waals surface area contributed by atoms with E-state index >= 15 is 0 Å². The topological polar surface area (TPSA) is 33.5 Å². The van der Waals surface area contributed by atoms with Gasteiger partial charge in [-0.3, -0.25) is 4.79 Å². The smallest absolute Gasteiger partial charge is 0.259 e. The van der Waals surface area contributed by atoms with Crippen LogP contribution in [0.15, 0.2) is 65.1 Å². The second-order valence-electron chi connectivity index (χ2n) is 5.84. The molecule has 0 spiro atoms. The van der Waals surface area contributed by atoms with E-state index in [1.54, 1.807) is 4.90 Å². The normalized spacial score (nSPS) is 15.0. The maximum Gasteiger partial charge on any atom is 0.259 e. The number of hydrogen-bond donors (Lipinski definition) is 0. The van der Waals surface area contributed by atoms with Gasteiger partial charge < -0.3 is 9.32 Å². The third-order valence-corrected chi connectivity index (χ3v) is 4.53. The minimum atomic E-state index is 0.00408. The van der Waals surface area contributed by atoms with Gasteiger partial charge in [-0.2, -0.15) is 0 Å². The van der Waals surface area contributed by atoms with Crippen LogP contribution in [0.3, 0.4) is 0 Å². The average Bonchev–Trinajstić information content (AvgIpc) is 3.19. The monoisotopic (exact) mass is 349 g/mol. The quantitative estimate of drug-likeness (QED) is 0.584. The zero-order chi connectivity index (χ0) is 17.4. The highest BCUT2D eigenvalue weighted by molar-refractivity contribution is 6.35. The zero-order valence-electron chi connectivity index (χ0n) is 13.7. The van der Waals surface area contributed by atoms with Crippen molar-refractivity contribution >= 4 is 34.8 Å². The fourth-order valence-electron chi connectivity index (χ4n) is 3.13. The average molecular weight is 350 g/mol. The molecule has 0 aliphatic carbocycles. The van der Waals surface area contributed by atoms with E-state index in [4.69, 9.17) is 16.0 Å². The van der Waals surface area contributed by atoms with Crippen molar-refractivity contribution in [2.75, 3.05) is 11.4 Å². The lowest BCUT2D eigenvalue weighted by molar-refractivity contribution is -0.112. The van der Waals surface area contributed by atoms with Gasteiger partial charge in [0, 0.05) is 22.7 Å². The van der Waals surface area contributed by atoms with E-state index < -0.39 is 0 Å². The third-order valence-electron chi connectivity index (χ3n) is 4.30. The molecule has 1 amide bonds. The van der Waals surface area contributed by atoms with Gasteiger partial charge >= 0.3 is 0 Å². The van der Waals surface area contributed by atoms with Crippen LogP contribution < -0.4 is 4.90 Å². The maximum atomic E-state index is 12.7. The highest BCUT2D eigenvalue weighted by Gasteiger charge is 2.31. The Morgan fingerprint density at radius 3 is 2.72 bits per heavy atom. The number of benzene rings is 2. The van der Waals surface area contributed by atoms with Crippen LogP contribution in [-0.2, 0) is 4.79 Å². The fourth-order valence-corrected chi connectivity index (χ4v) is 3.32. The summed E-state index contributed by atoms with van der Waals surface area (Å²) in [6.45, 7) is 2.61. The number of carbonyl (C=O) groups is 1. The summed E-state index contributed by atoms with van der Waals surface area (Å²) in [5.41, 5.74) is 3.45. The predicted octanol–water partition coefficient (Wildman–Crippen LogP) is 5.51. The minimum Gasteiger partial charge on any atom is -0.457 e. The molecule has 2 aromatic carbocycles. The van der Waals surface area contributed by atoms with Gasteiger partial charge in [0.25, 0.3) is 5.91 Å². The standard InChI is InChI=1S/C21H16ClNO2/c1-2-23-19-9-4-3-8-17(19)18(21(23)24)13-16-10-11-20(25-16)14-6-5-7-15(22)12-14/h3-13H,2H2,1H3/b18-13-. The van der Waals surface area contributed by atoms with Gasteiger partial charge in [-0.25, -0.2) is 0 Å². The van der Waals surface area contributed by atoms with Crippen LogP contribution in [0, 0.1) is 0 Å². The first kappa shape index (κ1) is 15.7. The molecule has 2 heterocycles. The van der Waals surface area contributed by atoms with Crippen LogP contribution in [-0.4, -0.2) is 12.5 Å². The van der Waals surface area contributed by atoms with E-state index in [1.165, 1.54) is 0 Å². The van der Waals surface area contributed by atoms with Crippen LogP contribution in [0.2, 0.25) is 5.02 Å². The van der Waals surface area contributed by atoms with Crippen LogP contribution in [0.25, 0.3) is 23.0 Å². The van der Waals surface area contributed by atoms with Gasteiger partial charge in [-0.05, 0) is 43.3 Å². The molecule has 4 heteroatoms. The molecule has 1 aliphatic heterocycles. The Bertz CT molecular complexity index is 987. The highest BCUT2D eigenvalue weighted by Crippen LogP contribution is 2.37. The summed E-state index contributed by atoms with van der Waals surface area (Å²) in [5.74, 6) is 1.37. The SMILES string of the molecule is CCN1C(=O)/C(=C\c2ccc(-c3cccc(Cl)c3)o2)c2ccccc21. The molecule has 124 valence electrons. The molecule has 0 N–H and O–H groups in total. The number of fused-ring (bicyclic) bond motifs is 1. The summed E-state index contributed by atoms with van der Waals surface area (Å²) in [6, 6.07) is 19.1. The Morgan fingerprint density at radius 2 is 1.92 bits per heavy atom. The zero-order valence-corrected chi connectivity index (χ0v) is 14.5. The first-order valence-electron chi connectivity index (χ1n) is 8.16. The number of para-hydroxylation sites is 1. The lowest BCUT2D eigenvalue weighted by atomic mass is 10.1. The lowest BCUT2D eigenvalue weighted by Crippen LogP contribution is -2.25. The number of rotatable bonds is 3. The van der Waals surface area contributed by atoms with Crippen LogP contribution in [0.4, 0.5) is 5.69 Å². The maximum absolute atomic E-state index is 12.7. The van der Waals surface area contributed by atoms with E-state index in [1.807, 2.05) is 73.7 Å². The number of carbonyl (C=O) groups excluding carboxylic acids is 1. The first-order valence-corrected chi connectivity index (χ1v) is 8.54. The summed E-state index contributed by atoms with van der Waals surface area (Å²) in [4.78, 5) is 14.5. The Balaban J connectivity index is 1.74. The number of likely N-dealkylation sites (N-methyl/N-ethyl adjacent to an activating group) is 1. The minimum absolute atomic E-state index is 0.00408. The molecule has 1 aliphatic rings. The van der Waals surface area contributed by atoms with Gasteiger partial charge in [0.1, 0.15) is 11.5 Å². The van der Waals surface area contributed by atoms with Crippen molar-refractivity contribution in [1.29, 1.82) is 0 Å². The number of furan rings is 1. The molecular formula is C21H16ClNO2. The number of anilines is 1. The van der Waals surface area contributed by atoms with Gasteiger partial charge in [0.05, 0.1) is 11.3 Å². The summed E-state index contributed by atoms with van der Waals surface area (Å²) in [6.07, 6.45) is 1.81. The molecule has 25 heavy (non-hydrogen) atoms. The number of nitrogens with zero attached hydrogens (tertiary/aromatic N) is 1. The highest BCUT2D eigenvalue weighted by atomic mass is 35.5. The molecule has 0 radical (unpaired) electrons. The van der Waals surface area contributed by atoms with Crippen LogP contribution in [0.5, 0.6) is 0 Å². The van der Waals surface area contributed by atoms with E-state index in [-0.39, 0.29) is 5.91 Å². The molecule has 0 saturated heterocycles. The van der Waals surface area contributed by atoms with E-state index in [2.05, 4.69) is 0 Å². The Hall–Kier alpha value is -2.78. The Kier molecular flexibility index (Phi) is 3.94. The van der Waals surface area contributed by atoms with Crippen molar-refractivity contribution in [3.63, 3.8) is 0 Å². The van der Waals surface area contributed by atoms with Crippen molar-refractivity contribution in [2.24, 2.45) is 0 Å². The summed E-state index contributed by atoms with van der Waals surface area (Å²) in [7, 11) is 0. The molecule has 4 rings (SSSR count).